The van der Waals surface area contributed by atoms with Crippen molar-refractivity contribution in [1.29, 1.82) is 0 Å². The zero-order valence-corrected chi connectivity index (χ0v) is 25.7. The second-order valence-electron chi connectivity index (χ2n) is 11.5. The van der Waals surface area contributed by atoms with Crippen molar-refractivity contribution in [2.24, 2.45) is 11.8 Å². The molecule has 4 aromatic carbocycles. The molecule has 226 valence electrons. The van der Waals surface area contributed by atoms with Crippen LogP contribution in [0.2, 0.25) is 0 Å². The highest BCUT2D eigenvalue weighted by Crippen LogP contribution is 2.69. The lowest BCUT2D eigenvalue weighted by Crippen LogP contribution is -2.57. The van der Waals surface area contributed by atoms with Crippen molar-refractivity contribution in [3.8, 4) is 0 Å². The van der Waals surface area contributed by atoms with Crippen molar-refractivity contribution in [1.82, 2.24) is 4.90 Å². The second-order valence-corrected chi connectivity index (χ2v) is 12.7. The van der Waals surface area contributed by atoms with Gasteiger partial charge in [-0.3, -0.25) is 19.3 Å². The standard InChI is InChI=1S/C36H28Cl2N2O5/c1-2-45-34(44)22-16-18-23(19-17-22)39-31(41)28(20-21-10-4-3-5-11-21)40-32(42)29-30(33(40)43)36(38)25-13-7-6-12-24(25)35(29,37)26-14-8-9-15-27(26)36/h3-19,28-30H,2,20H2,1H3,(H,39,41)/t28-,29-,30+,35?,36?/m1/s1. The number of nitrogens with one attached hydrogen (secondary N) is 1. The molecule has 9 heteroatoms. The SMILES string of the molecule is CCOC(=O)c1ccc(NC(=O)[C@@H](Cc2ccccc2)N2C(=O)[C@@H]3[C@H](C2=O)C2(Cl)c4ccccc4C3(Cl)c3ccccc32)cc1. The van der Waals surface area contributed by atoms with Crippen LogP contribution in [0.3, 0.4) is 0 Å². The quantitative estimate of drug-likeness (QED) is 0.152. The van der Waals surface area contributed by atoms with Gasteiger partial charge in [0.1, 0.15) is 15.8 Å². The molecule has 0 aromatic heterocycles. The summed E-state index contributed by atoms with van der Waals surface area (Å²) in [6.07, 6.45) is 0.0783. The molecule has 4 aliphatic rings. The van der Waals surface area contributed by atoms with E-state index in [-0.39, 0.29) is 13.0 Å². The van der Waals surface area contributed by atoms with Crippen molar-refractivity contribution >= 4 is 52.6 Å². The topological polar surface area (TPSA) is 92.8 Å². The molecule has 1 N–H and O–H groups in total. The number of alkyl halides is 2. The molecule has 0 unspecified atom stereocenters. The zero-order chi connectivity index (χ0) is 31.5. The van der Waals surface area contributed by atoms with Crippen LogP contribution in [0, 0.1) is 11.8 Å². The molecule has 3 atom stereocenters. The number of nitrogens with zero attached hydrogens (tertiary/aromatic N) is 1. The van der Waals surface area contributed by atoms with Gasteiger partial charge in [-0.15, -0.1) is 23.2 Å². The maximum atomic E-state index is 14.6. The van der Waals surface area contributed by atoms with E-state index in [1.165, 1.54) is 0 Å². The smallest absolute Gasteiger partial charge is 0.338 e. The summed E-state index contributed by atoms with van der Waals surface area (Å²) < 4.78 is 5.05. The third-order valence-electron chi connectivity index (χ3n) is 9.17. The molecule has 3 aliphatic carbocycles. The fraction of sp³-hybridized carbons (Fsp3) is 0.222. The molecule has 0 radical (unpaired) electrons. The monoisotopic (exact) mass is 638 g/mol. The number of hydrogen-bond donors (Lipinski definition) is 1. The van der Waals surface area contributed by atoms with Gasteiger partial charge in [0.25, 0.3) is 0 Å². The van der Waals surface area contributed by atoms with E-state index in [1.807, 2.05) is 78.9 Å². The molecule has 7 nitrogen and oxygen atoms in total. The Morgan fingerprint density at radius 1 is 0.756 bits per heavy atom. The number of carbonyl (C=O) groups is 4. The molecule has 1 aliphatic heterocycles. The van der Waals surface area contributed by atoms with E-state index in [0.29, 0.717) is 33.5 Å². The Hall–Kier alpha value is -4.46. The van der Waals surface area contributed by atoms with E-state index < -0.39 is 51.3 Å². The van der Waals surface area contributed by atoms with E-state index in [1.54, 1.807) is 31.2 Å². The van der Waals surface area contributed by atoms with Gasteiger partial charge in [0, 0.05) is 12.1 Å². The maximum absolute atomic E-state index is 14.6. The second kappa shape index (κ2) is 10.9. The van der Waals surface area contributed by atoms with E-state index >= 15 is 0 Å². The van der Waals surface area contributed by atoms with Gasteiger partial charge in [-0.2, -0.15) is 0 Å². The van der Waals surface area contributed by atoms with Crippen molar-refractivity contribution < 1.29 is 23.9 Å². The van der Waals surface area contributed by atoms with Crippen LogP contribution < -0.4 is 5.32 Å². The van der Waals surface area contributed by atoms with Crippen molar-refractivity contribution in [3.63, 3.8) is 0 Å². The van der Waals surface area contributed by atoms with Crippen LogP contribution in [0.4, 0.5) is 5.69 Å². The Labute approximate surface area is 270 Å². The van der Waals surface area contributed by atoms with Crippen molar-refractivity contribution in [3.05, 3.63) is 137 Å². The van der Waals surface area contributed by atoms with Crippen LogP contribution in [0.1, 0.15) is 45.1 Å². The highest BCUT2D eigenvalue weighted by molar-refractivity contribution is 6.36. The third kappa shape index (κ3) is 4.25. The number of halogens is 2. The first-order valence-corrected chi connectivity index (χ1v) is 15.5. The predicted octanol–water partition coefficient (Wildman–Crippen LogP) is 6.01. The molecule has 0 saturated carbocycles. The third-order valence-corrected chi connectivity index (χ3v) is 10.5. The maximum Gasteiger partial charge on any atom is 0.338 e. The Bertz CT molecular complexity index is 1740. The summed E-state index contributed by atoms with van der Waals surface area (Å²) in [5.74, 6) is -4.16. The van der Waals surface area contributed by atoms with E-state index in [2.05, 4.69) is 5.32 Å². The van der Waals surface area contributed by atoms with Gasteiger partial charge < -0.3 is 10.1 Å². The lowest BCUT2D eigenvalue weighted by molar-refractivity contribution is -0.146. The van der Waals surface area contributed by atoms with Gasteiger partial charge in [0.05, 0.1) is 24.0 Å². The summed E-state index contributed by atoms with van der Waals surface area (Å²) >= 11 is 15.2. The molecule has 1 heterocycles. The highest BCUT2D eigenvalue weighted by atomic mass is 35.5. The number of benzene rings is 4. The van der Waals surface area contributed by atoms with Crippen LogP contribution in [-0.2, 0) is 35.3 Å². The Kier molecular flexibility index (Phi) is 7.06. The van der Waals surface area contributed by atoms with Crippen LogP contribution in [0.25, 0.3) is 0 Å². The molecule has 45 heavy (non-hydrogen) atoms. The summed E-state index contributed by atoms with van der Waals surface area (Å²) in [6.45, 7) is 1.96. The van der Waals surface area contributed by atoms with E-state index in [0.717, 1.165) is 10.5 Å². The van der Waals surface area contributed by atoms with Crippen LogP contribution in [0.5, 0.6) is 0 Å². The Morgan fingerprint density at radius 3 is 1.69 bits per heavy atom. The lowest BCUT2D eigenvalue weighted by atomic mass is 9.54. The van der Waals surface area contributed by atoms with Gasteiger partial charge in [0.15, 0.2) is 0 Å². The summed E-state index contributed by atoms with van der Waals surface area (Å²) in [5, 5.41) is 2.85. The predicted molar refractivity (Wildman–Crippen MR) is 170 cm³/mol. The van der Waals surface area contributed by atoms with E-state index in [9.17, 15) is 19.2 Å². The number of esters is 1. The summed E-state index contributed by atoms with van der Waals surface area (Å²) in [6, 6.07) is 29.1. The molecular weight excluding hydrogens is 611 g/mol. The van der Waals surface area contributed by atoms with Crippen molar-refractivity contribution in [2.75, 3.05) is 11.9 Å². The lowest BCUT2D eigenvalue weighted by Gasteiger charge is -2.54. The number of likely N-dealkylation sites (tertiary alicyclic amines) is 1. The first kappa shape index (κ1) is 29.3. The van der Waals surface area contributed by atoms with Crippen LogP contribution in [-0.4, -0.2) is 41.2 Å². The number of rotatable bonds is 7. The Morgan fingerprint density at radius 2 is 1.22 bits per heavy atom. The minimum absolute atomic E-state index is 0.0783. The van der Waals surface area contributed by atoms with Crippen LogP contribution >= 0.6 is 23.2 Å². The number of hydrogen-bond acceptors (Lipinski definition) is 5. The molecule has 1 saturated heterocycles. The van der Waals surface area contributed by atoms with Gasteiger partial charge in [-0.1, -0.05) is 78.9 Å². The number of ether oxygens (including phenoxy) is 1. The van der Waals surface area contributed by atoms with Gasteiger partial charge in [-0.25, -0.2) is 4.79 Å². The average Bonchev–Trinajstić information content (AvgIpc) is 3.33. The highest BCUT2D eigenvalue weighted by Gasteiger charge is 2.73. The van der Waals surface area contributed by atoms with E-state index in [4.69, 9.17) is 27.9 Å². The number of imide groups is 1. The first-order chi connectivity index (χ1) is 21.7. The number of anilines is 1. The largest absolute Gasteiger partial charge is 0.462 e. The summed E-state index contributed by atoms with van der Waals surface area (Å²) in [7, 11) is 0. The fourth-order valence-corrected chi connectivity index (χ4v) is 8.36. The fourth-order valence-electron chi connectivity index (χ4n) is 7.26. The number of carbonyl (C=O) groups excluding carboxylic acids is 4. The molecule has 0 spiro atoms. The first-order valence-electron chi connectivity index (χ1n) is 14.8. The van der Waals surface area contributed by atoms with Crippen molar-refractivity contribution in [2.45, 2.75) is 29.1 Å². The summed E-state index contributed by atoms with van der Waals surface area (Å²) in [4.78, 5) is 53.8. The van der Waals surface area contributed by atoms with Gasteiger partial charge >= 0.3 is 5.97 Å². The van der Waals surface area contributed by atoms with Gasteiger partial charge in [0.2, 0.25) is 17.7 Å². The summed E-state index contributed by atoms with van der Waals surface area (Å²) in [5.41, 5.74) is 4.25. The molecule has 3 amide bonds. The molecular formula is C36H28Cl2N2O5. The molecule has 1 fully saturated rings. The number of amides is 3. The zero-order valence-electron chi connectivity index (χ0n) is 24.2. The molecule has 4 aromatic rings. The molecule has 8 rings (SSSR count). The average molecular weight is 640 g/mol. The normalized spacial score (nSPS) is 24.8. The molecule has 2 bridgehead atoms. The minimum atomic E-state index is -1.35. The van der Waals surface area contributed by atoms with Crippen LogP contribution in [0.15, 0.2) is 103 Å². The Balaban J connectivity index is 1.30. The minimum Gasteiger partial charge on any atom is -0.462 e. The van der Waals surface area contributed by atoms with Gasteiger partial charge in [-0.05, 0) is 59.0 Å².